The summed E-state index contributed by atoms with van der Waals surface area (Å²) in [6.45, 7) is 5.80. The second-order valence-corrected chi connectivity index (χ2v) is 9.76. The molecule has 2 aliphatic rings. The third kappa shape index (κ3) is 4.38. The minimum atomic E-state index is -1.14. The van der Waals surface area contributed by atoms with E-state index in [9.17, 15) is 23.6 Å². The SMILES string of the molecule is Cn1c(=O)n(C2CCC(=O)NC2=O)c2ccc(C3CN(C(=O)OC(C)(C)C)CCC3F)cc21. The first-order chi connectivity index (χ1) is 15.5. The predicted molar refractivity (Wildman–Crippen MR) is 119 cm³/mol. The molecule has 33 heavy (non-hydrogen) atoms. The third-order valence-corrected chi connectivity index (χ3v) is 6.24. The summed E-state index contributed by atoms with van der Waals surface area (Å²) >= 11 is 0. The Bertz CT molecular complexity index is 1180. The van der Waals surface area contributed by atoms with Gasteiger partial charge in [-0.15, -0.1) is 0 Å². The van der Waals surface area contributed by atoms with Crippen LogP contribution in [0.3, 0.4) is 0 Å². The van der Waals surface area contributed by atoms with Crippen LogP contribution in [0.2, 0.25) is 0 Å². The molecule has 3 amide bonds. The summed E-state index contributed by atoms with van der Waals surface area (Å²) in [6, 6.07) is 4.40. The zero-order chi connectivity index (χ0) is 24.1. The highest BCUT2D eigenvalue weighted by atomic mass is 19.1. The van der Waals surface area contributed by atoms with Crippen LogP contribution < -0.4 is 11.0 Å². The molecule has 3 unspecified atom stereocenters. The van der Waals surface area contributed by atoms with Gasteiger partial charge in [-0.1, -0.05) is 6.07 Å². The maximum absolute atomic E-state index is 14.9. The summed E-state index contributed by atoms with van der Waals surface area (Å²) in [7, 11) is 1.59. The number of halogens is 1. The van der Waals surface area contributed by atoms with E-state index in [-0.39, 0.29) is 43.9 Å². The number of ether oxygens (including phenoxy) is 1. The normalized spacial score (nSPS) is 24.2. The van der Waals surface area contributed by atoms with Gasteiger partial charge in [0.2, 0.25) is 11.8 Å². The predicted octanol–water partition coefficient (Wildman–Crippen LogP) is 2.38. The highest BCUT2D eigenvalue weighted by molar-refractivity contribution is 6.00. The van der Waals surface area contributed by atoms with Crippen LogP contribution in [0.5, 0.6) is 0 Å². The van der Waals surface area contributed by atoms with Crippen LogP contribution in [0.1, 0.15) is 57.6 Å². The van der Waals surface area contributed by atoms with Crippen LogP contribution in [0.25, 0.3) is 11.0 Å². The molecule has 2 saturated heterocycles. The average Bonchev–Trinajstić information content (AvgIpc) is 2.97. The van der Waals surface area contributed by atoms with E-state index in [1.807, 2.05) is 0 Å². The van der Waals surface area contributed by atoms with Crippen LogP contribution in [-0.4, -0.2) is 56.8 Å². The van der Waals surface area contributed by atoms with E-state index in [1.54, 1.807) is 46.0 Å². The van der Waals surface area contributed by atoms with Crippen molar-refractivity contribution in [2.24, 2.45) is 7.05 Å². The summed E-state index contributed by atoms with van der Waals surface area (Å²) in [5, 5.41) is 2.28. The van der Waals surface area contributed by atoms with Gasteiger partial charge in [-0.3, -0.25) is 24.0 Å². The molecule has 10 heteroatoms. The number of aromatic nitrogens is 2. The van der Waals surface area contributed by atoms with Gasteiger partial charge in [-0.2, -0.15) is 0 Å². The molecule has 3 atom stereocenters. The Morgan fingerprint density at radius 3 is 2.55 bits per heavy atom. The number of benzene rings is 1. The minimum Gasteiger partial charge on any atom is -0.444 e. The Hall–Kier alpha value is -3.17. The van der Waals surface area contributed by atoms with Crippen LogP contribution >= 0.6 is 0 Å². The molecule has 2 aliphatic heterocycles. The van der Waals surface area contributed by atoms with Gasteiger partial charge in [0, 0.05) is 32.5 Å². The van der Waals surface area contributed by atoms with E-state index in [4.69, 9.17) is 4.74 Å². The van der Waals surface area contributed by atoms with Gasteiger partial charge in [-0.25, -0.2) is 14.0 Å². The van der Waals surface area contributed by atoms with Crippen molar-refractivity contribution in [1.82, 2.24) is 19.4 Å². The largest absolute Gasteiger partial charge is 0.444 e. The molecule has 3 heterocycles. The number of aryl methyl sites for hydroxylation is 1. The molecule has 1 aromatic carbocycles. The molecule has 2 aromatic rings. The van der Waals surface area contributed by atoms with E-state index in [0.717, 1.165) is 0 Å². The van der Waals surface area contributed by atoms with Crippen molar-refractivity contribution in [2.75, 3.05) is 13.1 Å². The lowest BCUT2D eigenvalue weighted by Crippen LogP contribution is -2.45. The van der Waals surface area contributed by atoms with E-state index in [2.05, 4.69) is 5.32 Å². The lowest BCUT2D eigenvalue weighted by molar-refractivity contribution is -0.135. The first-order valence-corrected chi connectivity index (χ1v) is 11.1. The number of imidazole rings is 1. The standard InChI is InChI=1S/C23H29FN4O5/c1-23(2,3)33-22(32)27-10-9-15(24)14(12-27)13-5-6-16-18(11-13)26(4)21(31)28(16)17-7-8-19(29)25-20(17)30/h5-6,11,14-15,17H,7-10,12H2,1-4H3,(H,25,29,30). The van der Waals surface area contributed by atoms with E-state index >= 15 is 0 Å². The maximum atomic E-state index is 14.9. The van der Waals surface area contributed by atoms with Gasteiger partial charge in [0.25, 0.3) is 0 Å². The monoisotopic (exact) mass is 460 g/mol. The zero-order valence-corrected chi connectivity index (χ0v) is 19.3. The lowest BCUT2D eigenvalue weighted by Gasteiger charge is -2.36. The molecule has 0 radical (unpaired) electrons. The van der Waals surface area contributed by atoms with Gasteiger partial charge in [0.05, 0.1) is 11.0 Å². The van der Waals surface area contributed by atoms with Gasteiger partial charge in [-0.05, 0) is 51.3 Å². The molecule has 0 spiro atoms. The summed E-state index contributed by atoms with van der Waals surface area (Å²) < 4.78 is 23.2. The van der Waals surface area contributed by atoms with Gasteiger partial charge in [0.15, 0.2) is 0 Å². The number of piperidine rings is 2. The number of hydrogen-bond donors (Lipinski definition) is 1. The fourth-order valence-corrected chi connectivity index (χ4v) is 4.57. The second-order valence-electron chi connectivity index (χ2n) is 9.76. The molecule has 1 N–H and O–H groups in total. The first-order valence-electron chi connectivity index (χ1n) is 11.1. The van der Waals surface area contributed by atoms with Crippen LogP contribution in [0.4, 0.5) is 9.18 Å². The van der Waals surface area contributed by atoms with Crippen molar-refractivity contribution in [3.05, 3.63) is 34.2 Å². The fourth-order valence-electron chi connectivity index (χ4n) is 4.57. The zero-order valence-electron chi connectivity index (χ0n) is 19.3. The van der Waals surface area contributed by atoms with Crippen LogP contribution in [-0.2, 0) is 21.4 Å². The van der Waals surface area contributed by atoms with E-state index < -0.39 is 35.7 Å². The molecule has 0 aliphatic carbocycles. The van der Waals surface area contributed by atoms with Gasteiger partial charge < -0.3 is 9.64 Å². The molecular weight excluding hydrogens is 431 g/mol. The Balaban J connectivity index is 1.66. The lowest BCUT2D eigenvalue weighted by atomic mass is 9.89. The van der Waals surface area contributed by atoms with Gasteiger partial charge in [0.1, 0.15) is 17.8 Å². The number of carbonyl (C=O) groups is 3. The summed E-state index contributed by atoms with van der Waals surface area (Å²) in [6.07, 6.45) is -1.03. The fraction of sp³-hybridized carbons (Fsp3) is 0.565. The minimum absolute atomic E-state index is 0.156. The van der Waals surface area contributed by atoms with Crippen molar-refractivity contribution in [2.45, 2.75) is 63.8 Å². The molecule has 2 fully saturated rings. The summed E-state index contributed by atoms with van der Waals surface area (Å²) in [4.78, 5) is 50.9. The Kier molecular flexibility index (Phi) is 5.79. The highest BCUT2D eigenvalue weighted by Crippen LogP contribution is 2.33. The smallest absolute Gasteiger partial charge is 0.410 e. The summed E-state index contributed by atoms with van der Waals surface area (Å²) in [5.74, 6) is -1.42. The molecule has 9 nitrogen and oxygen atoms in total. The van der Waals surface area contributed by atoms with Crippen molar-refractivity contribution >= 4 is 28.9 Å². The van der Waals surface area contributed by atoms with E-state index in [0.29, 0.717) is 16.6 Å². The first kappa shape index (κ1) is 23.0. The quantitative estimate of drug-likeness (QED) is 0.694. The van der Waals surface area contributed by atoms with Crippen LogP contribution in [0, 0.1) is 0 Å². The number of carbonyl (C=O) groups excluding carboxylic acids is 3. The molecule has 4 rings (SSSR count). The number of nitrogens with one attached hydrogen (secondary N) is 1. The third-order valence-electron chi connectivity index (χ3n) is 6.24. The number of rotatable bonds is 2. The molecule has 0 bridgehead atoms. The van der Waals surface area contributed by atoms with Crippen molar-refractivity contribution in [1.29, 1.82) is 0 Å². The van der Waals surface area contributed by atoms with Crippen molar-refractivity contribution in [3.63, 3.8) is 0 Å². The maximum Gasteiger partial charge on any atom is 0.410 e. The molecule has 0 saturated carbocycles. The van der Waals surface area contributed by atoms with Crippen molar-refractivity contribution < 1.29 is 23.5 Å². The van der Waals surface area contributed by atoms with Gasteiger partial charge >= 0.3 is 11.8 Å². The number of alkyl halides is 1. The Morgan fingerprint density at radius 2 is 1.88 bits per heavy atom. The number of nitrogens with zero attached hydrogens (tertiary/aromatic N) is 3. The highest BCUT2D eigenvalue weighted by Gasteiger charge is 2.36. The van der Waals surface area contributed by atoms with E-state index in [1.165, 1.54) is 14.0 Å². The molecular formula is C23H29FN4O5. The Labute approximate surface area is 190 Å². The number of hydrogen-bond acceptors (Lipinski definition) is 5. The number of likely N-dealkylation sites (tertiary alicyclic amines) is 1. The number of imide groups is 1. The number of amides is 3. The Morgan fingerprint density at radius 1 is 1.15 bits per heavy atom. The number of fused-ring (bicyclic) bond motifs is 1. The topological polar surface area (TPSA) is 103 Å². The average molecular weight is 461 g/mol. The second kappa shape index (κ2) is 8.31. The van der Waals surface area contributed by atoms with Crippen LogP contribution in [0.15, 0.2) is 23.0 Å². The summed E-state index contributed by atoms with van der Waals surface area (Å²) in [5.41, 5.74) is 0.737. The van der Waals surface area contributed by atoms with Crippen molar-refractivity contribution in [3.8, 4) is 0 Å². The molecule has 178 valence electrons. The molecule has 1 aromatic heterocycles.